The standard InChI is InChI=1S/C22H25N5O3/c1-13-5-3-4-6-18(13)22-23-12-17(30-22)7-8-21(29)25-20-11-19(26-27-20)15-9-16(10-15)24-14(2)28/h3-6,11-12,15-16H,7-10H2,1-2H3,(H,24,28)(H2,25,26,27,29)/t15-,16+. The molecule has 0 saturated heterocycles. The molecule has 3 aromatic rings. The van der Waals surface area contributed by atoms with Crippen molar-refractivity contribution in [3.63, 3.8) is 0 Å². The van der Waals surface area contributed by atoms with Crippen molar-refractivity contribution in [2.75, 3.05) is 5.32 Å². The predicted octanol–water partition coefficient (Wildman–Crippen LogP) is 3.33. The van der Waals surface area contributed by atoms with E-state index >= 15 is 0 Å². The average molecular weight is 407 g/mol. The van der Waals surface area contributed by atoms with Crippen LogP contribution in [0, 0.1) is 6.92 Å². The van der Waals surface area contributed by atoms with Crippen molar-refractivity contribution in [1.82, 2.24) is 20.5 Å². The molecular weight excluding hydrogens is 382 g/mol. The van der Waals surface area contributed by atoms with E-state index in [1.807, 2.05) is 37.3 Å². The molecule has 1 aliphatic carbocycles. The summed E-state index contributed by atoms with van der Waals surface area (Å²) in [6, 6.07) is 9.97. The van der Waals surface area contributed by atoms with Gasteiger partial charge in [0.2, 0.25) is 17.7 Å². The number of anilines is 1. The molecule has 1 fully saturated rings. The minimum atomic E-state index is -0.122. The van der Waals surface area contributed by atoms with Crippen LogP contribution in [0.2, 0.25) is 0 Å². The number of amides is 2. The van der Waals surface area contributed by atoms with Gasteiger partial charge >= 0.3 is 0 Å². The Morgan fingerprint density at radius 1 is 1.27 bits per heavy atom. The van der Waals surface area contributed by atoms with E-state index in [0.717, 1.165) is 29.7 Å². The average Bonchev–Trinajstić information content (AvgIpc) is 3.32. The van der Waals surface area contributed by atoms with E-state index in [4.69, 9.17) is 4.42 Å². The number of rotatable bonds is 7. The van der Waals surface area contributed by atoms with E-state index in [-0.39, 0.29) is 24.3 Å². The molecule has 0 atom stereocenters. The lowest BCUT2D eigenvalue weighted by Gasteiger charge is -2.34. The fourth-order valence-electron chi connectivity index (χ4n) is 3.68. The Bertz CT molecular complexity index is 1050. The van der Waals surface area contributed by atoms with Gasteiger partial charge in [-0.05, 0) is 31.4 Å². The van der Waals surface area contributed by atoms with Gasteiger partial charge in [0.25, 0.3) is 0 Å². The second kappa shape index (κ2) is 8.52. The van der Waals surface area contributed by atoms with Crippen LogP contribution in [0.25, 0.3) is 11.5 Å². The molecule has 8 heteroatoms. The minimum Gasteiger partial charge on any atom is -0.441 e. The molecule has 0 aliphatic heterocycles. The number of aromatic amines is 1. The maximum absolute atomic E-state index is 12.3. The fraction of sp³-hybridized carbons (Fsp3) is 0.364. The number of carbonyl (C=O) groups excluding carboxylic acids is 2. The lowest BCUT2D eigenvalue weighted by atomic mass is 9.78. The van der Waals surface area contributed by atoms with Gasteiger partial charge in [-0.1, -0.05) is 18.2 Å². The second-order valence-corrected chi connectivity index (χ2v) is 7.77. The molecule has 2 amide bonds. The molecule has 8 nitrogen and oxygen atoms in total. The maximum atomic E-state index is 12.3. The van der Waals surface area contributed by atoms with Crippen LogP contribution in [0.1, 0.15) is 49.1 Å². The lowest BCUT2D eigenvalue weighted by Crippen LogP contribution is -2.42. The molecule has 1 saturated carbocycles. The quantitative estimate of drug-likeness (QED) is 0.556. The van der Waals surface area contributed by atoms with Crippen LogP contribution in [0.4, 0.5) is 5.82 Å². The van der Waals surface area contributed by atoms with Crippen molar-refractivity contribution >= 4 is 17.6 Å². The Morgan fingerprint density at radius 2 is 2.07 bits per heavy atom. The summed E-state index contributed by atoms with van der Waals surface area (Å²) in [5.74, 6) is 2.00. The molecular formula is C22H25N5O3. The summed E-state index contributed by atoms with van der Waals surface area (Å²) in [5.41, 5.74) is 2.95. The molecule has 4 rings (SSSR count). The number of nitrogens with zero attached hydrogens (tertiary/aromatic N) is 2. The first-order valence-corrected chi connectivity index (χ1v) is 10.1. The van der Waals surface area contributed by atoms with Crippen molar-refractivity contribution in [3.05, 3.63) is 53.5 Å². The lowest BCUT2D eigenvalue weighted by molar-refractivity contribution is -0.120. The number of aromatic nitrogens is 3. The van der Waals surface area contributed by atoms with Crippen LogP contribution >= 0.6 is 0 Å². The summed E-state index contributed by atoms with van der Waals surface area (Å²) < 4.78 is 5.81. The van der Waals surface area contributed by atoms with Gasteiger partial charge < -0.3 is 15.1 Å². The Hall–Kier alpha value is -3.42. The molecule has 3 N–H and O–H groups in total. The summed E-state index contributed by atoms with van der Waals surface area (Å²) in [7, 11) is 0. The number of carbonyl (C=O) groups is 2. The minimum absolute atomic E-state index is 0.00814. The third-order valence-electron chi connectivity index (χ3n) is 5.36. The monoisotopic (exact) mass is 407 g/mol. The second-order valence-electron chi connectivity index (χ2n) is 7.77. The molecule has 1 aromatic carbocycles. The van der Waals surface area contributed by atoms with E-state index in [2.05, 4.69) is 25.8 Å². The maximum Gasteiger partial charge on any atom is 0.226 e. The summed E-state index contributed by atoms with van der Waals surface area (Å²) in [6.07, 6.45) is 4.15. The third-order valence-corrected chi connectivity index (χ3v) is 5.36. The van der Waals surface area contributed by atoms with Crippen molar-refractivity contribution in [3.8, 4) is 11.5 Å². The fourth-order valence-corrected chi connectivity index (χ4v) is 3.68. The van der Waals surface area contributed by atoms with Crippen LogP contribution in [-0.2, 0) is 16.0 Å². The molecule has 0 spiro atoms. The van der Waals surface area contributed by atoms with Crippen molar-refractivity contribution < 1.29 is 14.0 Å². The van der Waals surface area contributed by atoms with E-state index in [0.29, 0.717) is 29.8 Å². The number of H-pyrrole nitrogens is 1. The molecule has 0 unspecified atom stereocenters. The molecule has 2 heterocycles. The first kappa shape index (κ1) is 19.9. The largest absolute Gasteiger partial charge is 0.441 e. The van der Waals surface area contributed by atoms with Crippen LogP contribution in [0.3, 0.4) is 0 Å². The van der Waals surface area contributed by atoms with Gasteiger partial charge in [-0.2, -0.15) is 5.10 Å². The highest BCUT2D eigenvalue weighted by Gasteiger charge is 2.32. The number of benzene rings is 1. The first-order chi connectivity index (χ1) is 14.5. The topological polar surface area (TPSA) is 113 Å². The third kappa shape index (κ3) is 4.59. The highest BCUT2D eigenvalue weighted by Crippen LogP contribution is 2.36. The Labute approximate surface area is 174 Å². The van der Waals surface area contributed by atoms with Gasteiger partial charge in [0.1, 0.15) is 11.6 Å². The summed E-state index contributed by atoms with van der Waals surface area (Å²) in [4.78, 5) is 27.7. The van der Waals surface area contributed by atoms with Crippen LogP contribution < -0.4 is 10.6 Å². The van der Waals surface area contributed by atoms with Gasteiger partial charge in [-0.15, -0.1) is 0 Å². The Balaban J connectivity index is 1.26. The highest BCUT2D eigenvalue weighted by molar-refractivity contribution is 5.89. The van der Waals surface area contributed by atoms with Gasteiger partial charge in [-0.3, -0.25) is 14.7 Å². The number of hydrogen-bond acceptors (Lipinski definition) is 5. The summed E-state index contributed by atoms with van der Waals surface area (Å²) in [5, 5.41) is 12.9. The van der Waals surface area contributed by atoms with E-state index in [9.17, 15) is 9.59 Å². The van der Waals surface area contributed by atoms with E-state index in [1.165, 1.54) is 6.92 Å². The number of nitrogens with one attached hydrogen (secondary N) is 3. The summed E-state index contributed by atoms with van der Waals surface area (Å²) >= 11 is 0. The van der Waals surface area contributed by atoms with Crippen LogP contribution in [0.15, 0.2) is 40.9 Å². The predicted molar refractivity (Wildman–Crippen MR) is 112 cm³/mol. The smallest absolute Gasteiger partial charge is 0.226 e. The van der Waals surface area contributed by atoms with Crippen LogP contribution in [-0.4, -0.2) is 33.0 Å². The van der Waals surface area contributed by atoms with Gasteiger partial charge in [0, 0.05) is 43.4 Å². The molecule has 156 valence electrons. The van der Waals surface area contributed by atoms with E-state index in [1.54, 1.807) is 6.20 Å². The molecule has 0 bridgehead atoms. The SMILES string of the molecule is CC(=O)N[C@H]1C[C@@H](c2cc(NC(=O)CCc3cnc(-c4ccccc4C)o3)[nH]n2)C1. The number of oxazole rings is 1. The molecule has 1 aliphatic rings. The van der Waals surface area contributed by atoms with Crippen molar-refractivity contribution in [1.29, 1.82) is 0 Å². The van der Waals surface area contributed by atoms with Gasteiger partial charge in [-0.25, -0.2) is 4.98 Å². The first-order valence-electron chi connectivity index (χ1n) is 10.1. The molecule has 2 aromatic heterocycles. The van der Waals surface area contributed by atoms with Crippen LogP contribution in [0.5, 0.6) is 0 Å². The normalized spacial score (nSPS) is 17.9. The van der Waals surface area contributed by atoms with Crippen molar-refractivity contribution in [2.24, 2.45) is 0 Å². The van der Waals surface area contributed by atoms with Crippen molar-refractivity contribution in [2.45, 2.75) is 51.5 Å². The Morgan fingerprint density at radius 3 is 2.83 bits per heavy atom. The zero-order valence-electron chi connectivity index (χ0n) is 17.1. The van der Waals surface area contributed by atoms with Gasteiger partial charge in [0.05, 0.1) is 11.9 Å². The highest BCUT2D eigenvalue weighted by atomic mass is 16.4. The van der Waals surface area contributed by atoms with E-state index < -0.39 is 0 Å². The number of hydrogen-bond donors (Lipinski definition) is 3. The van der Waals surface area contributed by atoms with Gasteiger partial charge in [0.15, 0.2) is 0 Å². The molecule has 0 radical (unpaired) electrons. The summed E-state index contributed by atoms with van der Waals surface area (Å²) in [6.45, 7) is 3.53. The zero-order valence-corrected chi connectivity index (χ0v) is 17.1. The zero-order chi connectivity index (χ0) is 21.1. The Kier molecular flexibility index (Phi) is 5.65. The number of aryl methyl sites for hydroxylation is 2. The molecule has 30 heavy (non-hydrogen) atoms.